The molecule has 150 valence electrons. The molecule has 3 aromatic rings. The molecule has 0 atom stereocenters. The number of aryl methyl sites for hydroxylation is 1. The molecule has 0 bridgehead atoms. The van der Waals surface area contributed by atoms with Crippen LogP contribution in [0.5, 0.6) is 11.5 Å². The Hall–Kier alpha value is -3.61. The minimum Gasteiger partial charge on any atom is -0.497 e. The summed E-state index contributed by atoms with van der Waals surface area (Å²) < 4.78 is 25.3. The number of carbonyl (C=O) groups is 1. The third-order valence-electron chi connectivity index (χ3n) is 4.49. The number of methoxy groups -OCH3 is 2. The lowest BCUT2D eigenvalue weighted by Gasteiger charge is -2.10. The van der Waals surface area contributed by atoms with Crippen molar-refractivity contribution >= 4 is 17.7 Å². The van der Waals surface area contributed by atoms with Crippen LogP contribution in [0.15, 0.2) is 48.5 Å². The molecular formula is C22H22FN3O3. The molecule has 0 unspecified atom stereocenters. The molecule has 0 aliphatic heterocycles. The van der Waals surface area contributed by atoms with Crippen LogP contribution in [0.25, 0.3) is 11.8 Å². The van der Waals surface area contributed by atoms with Gasteiger partial charge in [0.05, 0.1) is 31.3 Å². The molecule has 0 aliphatic rings. The zero-order valence-corrected chi connectivity index (χ0v) is 16.7. The van der Waals surface area contributed by atoms with E-state index in [0.717, 1.165) is 22.6 Å². The number of aromatic nitrogens is 2. The van der Waals surface area contributed by atoms with Gasteiger partial charge in [0.1, 0.15) is 17.3 Å². The zero-order chi connectivity index (χ0) is 21.0. The summed E-state index contributed by atoms with van der Waals surface area (Å²) in [6, 6.07) is 11.2. The van der Waals surface area contributed by atoms with Crippen LogP contribution in [0.3, 0.4) is 0 Å². The third-order valence-corrected chi connectivity index (χ3v) is 4.49. The number of nitrogens with one attached hydrogen (secondary N) is 1. The smallest absolute Gasteiger partial charge is 0.248 e. The highest BCUT2D eigenvalue weighted by Gasteiger charge is 2.12. The average Bonchev–Trinajstić information content (AvgIpc) is 3.00. The highest BCUT2D eigenvalue weighted by Crippen LogP contribution is 2.29. The van der Waals surface area contributed by atoms with E-state index in [9.17, 15) is 9.18 Å². The fourth-order valence-electron chi connectivity index (χ4n) is 2.96. The van der Waals surface area contributed by atoms with E-state index in [0.29, 0.717) is 17.2 Å². The Morgan fingerprint density at radius 3 is 2.48 bits per heavy atom. The second-order valence-electron chi connectivity index (χ2n) is 6.36. The number of benzene rings is 2. The molecule has 0 fully saturated rings. The summed E-state index contributed by atoms with van der Waals surface area (Å²) >= 11 is 0. The van der Waals surface area contributed by atoms with Crippen molar-refractivity contribution in [3.8, 4) is 17.2 Å². The lowest BCUT2D eigenvalue weighted by Crippen LogP contribution is -2.09. The molecule has 0 saturated heterocycles. The molecular weight excluding hydrogens is 373 g/mol. The van der Waals surface area contributed by atoms with Gasteiger partial charge in [0, 0.05) is 23.4 Å². The highest BCUT2D eigenvalue weighted by molar-refractivity contribution is 6.03. The Kier molecular flexibility index (Phi) is 5.97. The molecule has 1 N–H and O–H groups in total. The maximum atomic E-state index is 13.2. The molecule has 0 aliphatic carbocycles. The fourth-order valence-corrected chi connectivity index (χ4v) is 2.96. The molecule has 0 spiro atoms. The molecule has 1 heterocycles. The van der Waals surface area contributed by atoms with Crippen LogP contribution in [0, 0.1) is 19.7 Å². The van der Waals surface area contributed by atoms with Crippen molar-refractivity contribution in [1.82, 2.24) is 9.78 Å². The van der Waals surface area contributed by atoms with E-state index in [2.05, 4.69) is 10.4 Å². The van der Waals surface area contributed by atoms with Gasteiger partial charge in [-0.05, 0) is 56.3 Å². The summed E-state index contributed by atoms with van der Waals surface area (Å²) in [6.07, 6.45) is 3.15. The van der Waals surface area contributed by atoms with Gasteiger partial charge in [-0.3, -0.25) is 4.79 Å². The van der Waals surface area contributed by atoms with E-state index < -0.39 is 0 Å². The van der Waals surface area contributed by atoms with E-state index in [1.807, 2.05) is 13.8 Å². The van der Waals surface area contributed by atoms with E-state index >= 15 is 0 Å². The molecule has 1 amide bonds. The van der Waals surface area contributed by atoms with Crippen LogP contribution in [0.2, 0.25) is 0 Å². The molecule has 7 heteroatoms. The summed E-state index contributed by atoms with van der Waals surface area (Å²) in [5.41, 5.74) is 3.72. The first-order valence-corrected chi connectivity index (χ1v) is 8.96. The first kappa shape index (κ1) is 20.1. The summed E-state index contributed by atoms with van der Waals surface area (Å²) in [5, 5.41) is 7.29. The highest BCUT2D eigenvalue weighted by atomic mass is 19.1. The number of amides is 1. The number of anilines is 1. The Morgan fingerprint density at radius 1 is 1.10 bits per heavy atom. The maximum Gasteiger partial charge on any atom is 0.248 e. The maximum absolute atomic E-state index is 13.2. The van der Waals surface area contributed by atoms with Crippen LogP contribution in [-0.4, -0.2) is 29.9 Å². The van der Waals surface area contributed by atoms with Crippen LogP contribution in [0.1, 0.15) is 17.0 Å². The topological polar surface area (TPSA) is 65.4 Å². The van der Waals surface area contributed by atoms with E-state index in [1.165, 1.54) is 25.3 Å². The predicted octanol–water partition coefficient (Wildman–Crippen LogP) is 4.30. The average molecular weight is 395 g/mol. The first-order chi connectivity index (χ1) is 13.9. The summed E-state index contributed by atoms with van der Waals surface area (Å²) in [6.45, 7) is 3.75. The number of ether oxygens (including phenoxy) is 2. The Labute approximate surface area is 168 Å². The second-order valence-corrected chi connectivity index (χ2v) is 6.36. The Morgan fingerprint density at radius 2 is 1.83 bits per heavy atom. The standard InChI is InChI=1S/C22H22FN3O3/c1-14-19(15(2)26(25-14)17-7-5-16(23)6-8-17)10-12-22(27)24-20-11-9-18(28-3)13-21(20)29-4/h5-13H,1-4H3,(H,24,27)/b12-10+. The molecule has 3 rings (SSSR count). The Balaban J connectivity index is 1.80. The second kappa shape index (κ2) is 8.60. The Bertz CT molecular complexity index is 1060. The van der Waals surface area contributed by atoms with Gasteiger partial charge in [0.2, 0.25) is 5.91 Å². The lowest BCUT2D eigenvalue weighted by molar-refractivity contribution is -0.111. The quantitative estimate of drug-likeness (QED) is 0.632. The molecule has 0 radical (unpaired) electrons. The van der Waals surface area contributed by atoms with Gasteiger partial charge in [-0.25, -0.2) is 9.07 Å². The number of halogens is 1. The molecule has 6 nitrogen and oxygen atoms in total. The van der Waals surface area contributed by atoms with Crippen LogP contribution >= 0.6 is 0 Å². The number of nitrogens with zero attached hydrogens (tertiary/aromatic N) is 2. The summed E-state index contributed by atoms with van der Waals surface area (Å²) in [7, 11) is 3.09. The van der Waals surface area contributed by atoms with Crippen molar-refractivity contribution < 1.29 is 18.7 Å². The van der Waals surface area contributed by atoms with E-state index in [-0.39, 0.29) is 11.7 Å². The van der Waals surface area contributed by atoms with Crippen molar-refractivity contribution in [3.63, 3.8) is 0 Å². The van der Waals surface area contributed by atoms with Gasteiger partial charge in [-0.15, -0.1) is 0 Å². The van der Waals surface area contributed by atoms with Crippen molar-refractivity contribution in [2.75, 3.05) is 19.5 Å². The van der Waals surface area contributed by atoms with Crippen molar-refractivity contribution in [3.05, 3.63) is 71.3 Å². The minimum absolute atomic E-state index is 0.304. The van der Waals surface area contributed by atoms with Gasteiger partial charge in [-0.2, -0.15) is 5.10 Å². The number of carbonyl (C=O) groups excluding carboxylic acids is 1. The van der Waals surface area contributed by atoms with E-state index in [4.69, 9.17) is 9.47 Å². The summed E-state index contributed by atoms with van der Waals surface area (Å²) in [5.74, 6) is 0.528. The largest absolute Gasteiger partial charge is 0.497 e. The molecule has 1 aromatic heterocycles. The lowest BCUT2D eigenvalue weighted by atomic mass is 10.1. The van der Waals surface area contributed by atoms with Gasteiger partial charge < -0.3 is 14.8 Å². The number of rotatable bonds is 6. The SMILES string of the molecule is COc1ccc(NC(=O)/C=C/c2c(C)nn(-c3ccc(F)cc3)c2C)c(OC)c1. The normalized spacial score (nSPS) is 10.9. The summed E-state index contributed by atoms with van der Waals surface area (Å²) in [4.78, 5) is 12.4. The molecule has 29 heavy (non-hydrogen) atoms. The van der Waals surface area contributed by atoms with Crippen LogP contribution in [0.4, 0.5) is 10.1 Å². The monoisotopic (exact) mass is 395 g/mol. The third kappa shape index (κ3) is 4.45. The van der Waals surface area contributed by atoms with Crippen LogP contribution in [-0.2, 0) is 4.79 Å². The molecule has 2 aromatic carbocycles. The molecule has 0 saturated carbocycles. The van der Waals surface area contributed by atoms with Gasteiger partial charge in [0.15, 0.2) is 0 Å². The van der Waals surface area contributed by atoms with Crippen molar-refractivity contribution in [2.45, 2.75) is 13.8 Å². The predicted molar refractivity (Wildman–Crippen MR) is 110 cm³/mol. The van der Waals surface area contributed by atoms with Crippen molar-refractivity contribution in [2.24, 2.45) is 0 Å². The number of hydrogen-bond donors (Lipinski definition) is 1. The fraction of sp³-hybridized carbons (Fsp3) is 0.182. The van der Waals surface area contributed by atoms with E-state index in [1.54, 1.807) is 48.2 Å². The minimum atomic E-state index is -0.305. The van der Waals surface area contributed by atoms with Gasteiger partial charge in [0.25, 0.3) is 0 Å². The van der Waals surface area contributed by atoms with Crippen LogP contribution < -0.4 is 14.8 Å². The van der Waals surface area contributed by atoms with Gasteiger partial charge >= 0.3 is 0 Å². The van der Waals surface area contributed by atoms with Gasteiger partial charge in [-0.1, -0.05) is 0 Å². The van der Waals surface area contributed by atoms with Crippen molar-refractivity contribution in [1.29, 1.82) is 0 Å². The first-order valence-electron chi connectivity index (χ1n) is 8.96. The number of hydrogen-bond acceptors (Lipinski definition) is 4. The zero-order valence-electron chi connectivity index (χ0n) is 16.7.